The van der Waals surface area contributed by atoms with Crippen molar-refractivity contribution in [2.45, 2.75) is 19.6 Å². The third-order valence-corrected chi connectivity index (χ3v) is 11.7. The summed E-state index contributed by atoms with van der Waals surface area (Å²) >= 11 is 0. The zero-order valence-corrected chi connectivity index (χ0v) is 14.0. The molecule has 0 saturated heterocycles. The van der Waals surface area contributed by atoms with Gasteiger partial charge in [0, 0.05) is 7.11 Å². The molecule has 4 nitrogen and oxygen atoms in total. The number of hydrogen-bond acceptors (Lipinski definition) is 4. The summed E-state index contributed by atoms with van der Waals surface area (Å²) in [6, 6.07) is 0. The molecule has 0 aliphatic heterocycles. The minimum atomic E-state index is -3.11. The molecule has 0 heterocycles. The number of rotatable bonds is 8. The molecular formula is C10H22O4Si3. The average molecular weight is 291 g/mol. The van der Waals surface area contributed by atoms with E-state index < -0.39 is 25.7 Å². The van der Waals surface area contributed by atoms with E-state index in [1.54, 1.807) is 12.8 Å². The van der Waals surface area contributed by atoms with Crippen molar-refractivity contribution in [3.8, 4) is 0 Å². The Morgan fingerprint density at radius 2 is 1.41 bits per heavy atom. The van der Waals surface area contributed by atoms with Gasteiger partial charge in [0.1, 0.15) is 0 Å². The van der Waals surface area contributed by atoms with Crippen LogP contribution >= 0.6 is 0 Å². The van der Waals surface area contributed by atoms with Crippen molar-refractivity contribution >= 4 is 25.7 Å². The Bertz CT molecular complexity index is 298. The van der Waals surface area contributed by atoms with Crippen LogP contribution in [-0.2, 0) is 12.7 Å². The smallest absolute Gasteiger partial charge is 0.379 e. The molecule has 0 aromatic heterocycles. The predicted octanol–water partition coefficient (Wildman–Crippen LogP) is 2.05. The van der Waals surface area contributed by atoms with Gasteiger partial charge in [0.25, 0.3) is 0 Å². The third-order valence-electron chi connectivity index (χ3n) is 2.26. The molecule has 0 radical (unpaired) electrons. The van der Waals surface area contributed by atoms with Crippen LogP contribution in [-0.4, -0.2) is 37.6 Å². The standard InChI is InChI=1S/C10H22O4Si3/c1-8-16(7,13-15(5,6)12-4)14-17(11,9-2)10-3/h8-11H,1-3H2,4-7H3. The average Bonchev–Trinajstić information content (AvgIpc) is 2.28. The summed E-state index contributed by atoms with van der Waals surface area (Å²) in [4.78, 5) is 10.1. The first-order chi connectivity index (χ1) is 7.66. The first-order valence-electron chi connectivity index (χ1n) is 5.24. The highest BCUT2D eigenvalue weighted by Gasteiger charge is 2.43. The highest BCUT2D eigenvalue weighted by molar-refractivity contribution is 6.90. The number of hydrogen-bond donors (Lipinski definition) is 1. The van der Waals surface area contributed by atoms with Gasteiger partial charge in [-0.05, 0) is 31.0 Å². The van der Waals surface area contributed by atoms with Crippen molar-refractivity contribution < 1.29 is 17.5 Å². The van der Waals surface area contributed by atoms with Crippen LogP contribution in [0, 0.1) is 0 Å². The summed E-state index contributed by atoms with van der Waals surface area (Å²) < 4.78 is 17.0. The lowest BCUT2D eigenvalue weighted by molar-refractivity contribution is 0.271. The molecule has 0 aromatic carbocycles. The molecule has 0 amide bonds. The van der Waals surface area contributed by atoms with E-state index in [0.29, 0.717) is 0 Å². The van der Waals surface area contributed by atoms with Crippen LogP contribution in [0.2, 0.25) is 19.6 Å². The summed E-state index contributed by atoms with van der Waals surface area (Å²) in [7, 11) is -6.44. The van der Waals surface area contributed by atoms with E-state index in [9.17, 15) is 4.80 Å². The maximum absolute atomic E-state index is 10.1. The topological polar surface area (TPSA) is 47.9 Å². The lowest BCUT2D eigenvalue weighted by atomic mass is 11.2. The van der Waals surface area contributed by atoms with E-state index in [1.807, 2.05) is 19.6 Å². The predicted molar refractivity (Wildman–Crippen MR) is 76.8 cm³/mol. The van der Waals surface area contributed by atoms with E-state index in [2.05, 4.69) is 19.7 Å². The summed E-state index contributed by atoms with van der Waals surface area (Å²) in [5.74, 6) is 0. The lowest BCUT2D eigenvalue weighted by Crippen LogP contribution is -2.55. The molecule has 1 atom stereocenters. The maximum atomic E-state index is 10.1. The second-order valence-corrected chi connectivity index (χ2v) is 13.8. The lowest BCUT2D eigenvalue weighted by Gasteiger charge is -2.35. The van der Waals surface area contributed by atoms with Crippen molar-refractivity contribution in [3.63, 3.8) is 0 Å². The molecule has 98 valence electrons. The molecule has 1 unspecified atom stereocenters. The fraction of sp³-hybridized carbons (Fsp3) is 0.400. The molecule has 0 aromatic rings. The van der Waals surface area contributed by atoms with E-state index >= 15 is 0 Å². The zero-order chi connectivity index (χ0) is 13.7. The van der Waals surface area contributed by atoms with Gasteiger partial charge in [-0.25, -0.2) is 0 Å². The van der Waals surface area contributed by atoms with Gasteiger partial charge in [-0.15, -0.1) is 19.7 Å². The summed E-state index contributed by atoms with van der Waals surface area (Å²) in [6.07, 6.45) is 0. The zero-order valence-electron chi connectivity index (χ0n) is 11.0. The molecule has 0 bridgehead atoms. The van der Waals surface area contributed by atoms with E-state index in [-0.39, 0.29) is 0 Å². The Hall–Kier alpha value is -0.289. The molecular weight excluding hydrogens is 268 g/mol. The minimum absolute atomic E-state index is 1.40. The van der Waals surface area contributed by atoms with Crippen LogP contribution in [0.3, 0.4) is 0 Å². The Morgan fingerprint density at radius 1 is 0.941 bits per heavy atom. The molecule has 0 aliphatic rings. The Labute approximate surface area is 107 Å². The van der Waals surface area contributed by atoms with Crippen LogP contribution in [0.4, 0.5) is 0 Å². The van der Waals surface area contributed by atoms with Crippen molar-refractivity contribution in [1.29, 1.82) is 0 Å². The summed E-state index contributed by atoms with van der Waals surface area (Å²) in [5, 5.41) is 0. The molecule has 0 aliphatic carbocycles. The third kappa shape index (κ3) is 5.25. The van der Waals surface area contributed by atoms with Crippen LogP contribution in [0.25, 0.3) is 0 Å². The second-order valence-electron chi connectivity index (χ2n) is 4.19. The molecule has 0 fully saturated rings. The first kappa shape index (κ1) is 16.7. The molecule has 0 spiro atoms. The van der Waals surface area contributed by atoms with Gasteiger partial charge in [-0.2, -0.15) is 0 Å². The Morgan fingerprint density at radius 3 is 1.71 bits per heavy atom. The van der Waals surface area contributed by atoms with Gasteiger partial charge >= 0.3 is 25.7 Å². The van der Waals surface area contributed by atoms with Crippen molar-refractivity contribution in [2.75, 3.05) is 7.11 Å². The summed E-state index contributed by atoms with van der Waals surface area (Å²) in [6.45, 7) is 16.5. The monoisotopic (exact) mass is 290 g/mol. The van der Waals surface area contributed by atoms with E-state index in [1.165, 1.54) is 11.4 Å². The van der Waals surface area contributed by atoms with Gasteiger partial charge in [0.15, 0.2) is 0 Å². The fourth-order valence-corrected chi connectivity index (χ4v) is 10.0. The highest BCUT2D eigenvalue weighted by atomic mass is 28.5. The normalized spacial score (nSPS) is 16.1. The quantitative estimate of drug-likeness (QED) is 0.695. The van der Waals surface area contributed by atoms with E-state index in [4.69, 9.17) is 12.7 Å². The molecule has 17 heavy (non-hydrogen) atoms. The maximum Gasteiger partial charge on any atom is 0.379 e. The van der Waals surface area contributed by atoms with Crippen molar-refractivity contribution in [1.82, 2.24) is 0 Å². The highest BCUT2D eigenvalue weighted by Crippen LogP contribution is 2.21. The van der Waals surface area contributed by atoms with Gasteiger partial charge in [-0.1, -0.05) is 5.70 Å². The minimum Gasteiger partial charge on any atom is -0.412 e. The largest absolute Gasteiger partial charge is 0.412 e. The van der Waals surface area contributed by atoms with Crippen LogP contribution in [0.5, 0.6) is 0 Å². The molecule has 7 heteroatoms. The fourth-order valence-electron chi connectivity index (χ4n) is 1.13. The summed E-state index contributed by atoms with van der Waals surface area (Å²) in [5.41, 5.74) is 4.44. The van der Waals surface area contributed by atoms with Crippen molar-refractivity contribution in [3.05, 3.63) is 36.8 Å². The SMILES string of the molecule is C=C[Si](O)(C=C)O[Si](C)(C=C)O[Si](C)(C)OC. The van der Waals surface area contributed by atoms with E-state index in [0.717, 1.165) is 0 Å². The van der Waals surface area contributed by atoms with Crippen LogP contribution < -0.4 is 0 Å². The first-order valence-corrected chi connectivity index (χ1v) is 12.5. The van der Waals surface area contributed by atoms with Crippen LogP contribution in [0.1, 0.15) is 0 Å². The second kappa shape index (κ2) is 6.05. The van der Waals surface area contributed by atoms with Gasteiger partial charge in [0.2, 0.25) is 0 Å². The molecule has 0 saturated carbocycles. The molecule has 0 rings (SSSR count). The van der Waals surface area contributed by atoms with Gasteiger partial charge in [-0.3, -0.25) is 0 Å². The molecule has 1 N–H and O–H groups in total. The Balaban J connectivity index is 4.98. The van der Waals surface area contributed by atoms with Gasteiger partial charge < -0.3 is 17.5 Å². The van der Waals surface area contributed by atoms with Gasteiger partial charge in [0.05, 0.1) is 0 Å². The Kier molecular flexibility index (Phi) is 5.94. The van der Waals surface area contributed by atoms with Crippen LogP contribution in [0.15, 0.2) is 36.8 Å². The van der Waals surface area contributed by atoms with Crippen molar-refractivity contribution in [2.24, 2.45) is 0 Å².